The third-order valence-electron chi connectivity index (χ3n) is 2.92. The number of rotatable bonds is 4. The maximum Gasteiger partial charge on any atom is 0.241 e. The third kappa shape index (κ3) is 2.83. The predicted octanol–water partition coefficient (Wildman–Crippen LogP) is -2.05. The van der Waals surface area contributed by atoms with Gasteiger partial charge in [0.2, 0.25) is 11.8 Å². The van der Waals surface area contributed by atoms with Crippen LogP contribution >= 0.6 is 0 Å². The van der Waals surface area contributed by atoms with Crippen LogP contribution in [0.3, 0.4) is 0 Å². The van der Waals surface area contributed by atoms with Crippen molar-refractivity contribution in [2.75, 3.05) is 19.6 Å². The number of carbonyl (C=O) groups excluding carboxylic acids is 2. The lowest BCUT2D eigenvalue weighted by atomic mass is 10.1. The fourth-order valence-electron chi connectivity index (χ4n) is 1.96. The molecule has 2 amide bonds. The summed E-state index contributed by atoms with van der Waals surface area (Å²) in [7, 11) is 0. The van der Waals surface area contributed by atoms with Gasteiger partial charge in [0, 0.05) is 32.3 Å². The van der Waals surface area contributed by atoms with Gasteiger partial charge in [0.1, 0.15) is 6.04 Å². The van der Waals surface area contributed by atoms with E-state index in [9.17, 15) is 9.59 Å². The van der Waals surface area contributed by atoms with E-state index < -0.39 is 11.9 Å². The van der Waals surface area contributed by atoms with E-state index in [1.807, 2.05) is 0 Å². The Morgan fingerprint density at radius 2 is 2.33 bits per heavy atom. The van der Waals surface area contributed by atoms with Gasteiger partial charge in [-0.1, -0.05) is 5.21 Å². The van der Waals surface area contributed by atoms with Crippen molar-refractivity contribution in [1.29, 1.82) is 0 Å². The molecule has 2 heterocycles. The number of aromatic nitrogens is 3. The molecule has 98 valence electrons. The number of hydrogen-bond acceptors (Lipinski definition) is 5. The predicted molar refractivity (Wildman–Crippen MR) is 62.2 cm³/mol. The van der Waals surface area contributed by atoms with Crippen molar-refractivity contribution >= 4 is 11.8 Å². The highest BCUT2D eigenvalue weighted by molar-refractivity contribution is 5.87. The summed E-state index contributed by atoms with van der Waals surface area (Å²) in [6.07, 6.45) is 3.53. The van der Waals surface area contributed by atoms with Crippen molar-refractivity contribution in [3.8, 4) is 0 Å². The maximum absolute atomic E-state index is 12.0. The second-order valence-electron chi connectivity index (χ2n) is 4.13. The van der Waals surface area contributed by atoms with Gasteiger partial charge in [-0.3, -0.25) is 14.3 Å². The number of primary amides is 1. The summed E-state index contributed by atoms with van der Waals surface area (Å²) < 4.78 is 1.58. The lowest BCUT2D eigenvalue weighted by Crippen LogP contribution is -2.58. The average Bonchev–Trinajstić information content (AvgIpc) is 2.89. The molecule has 1 aliphatic rings. The third-order valence-corrected chi connectivity index (χ3v) is 2.92. The van der Waals surface area contributed by atoms with E-state index in [1.165, 1.54) is 4.90 Å². The second kappa shape index (κ2) is 5.58. The fraction of sp³-hybridized carbons (Fsp3) is 0.600. The number of nitrogens with two attached hydrogens (primary N) is 1. The van der Waals surface area contributed by atoms with Crippen molar-refractivity contribution in [3.63, 3.8) is 0 Å². The number of amides is 2. The Bertz CT molecular complexity index is 418. The first kappa shape index (κ1) is 12.5. The normalized spacial score (nSPS) is 19.8. The molecule has 0 aliphatic carbocycles. The van der Waals surface area contributed by atoms with Crippen LogP contribution in [0.1, 0.15) is 6.42 Å². The molecule has 8 nitrogen and oxygen atoms in total. The zero-order chi connectivity index (χ0) is 13.0. The van der Waals surface area contributed by atoms with E-state index in [1.54, 1.807) is 17.1 Å². The minimum Gasteiger partial charge on any atom is -0.368 e. The summed E-state index contributed by atoms with van der Waals surface area (Å²) >= 11 is 0. The largest absolute Gasteiger partial charge is 0.368 e. The molecule has 18 heavy (non-hydrogen) atoms. The van der Waals surface area contributed by atoms with Gasteiger partial charge in [0.25, 0.3) is 0 Å². The van der Waals surface area contributed by atoms with E-state index in [-0.39, 0.29) is 12.3 Å². The SMILES string of the molecule is NC(=O)C1CNCCN1C(=O)CCn1ccnn1. The molecule has 1 aromatic heterocycles. The molecule has 0 bridgehead atoms. The molecule has 1 unspecified atom stereocenters. The van der Waals surface area contributed by atoms with Crippen LogP contribution in [0, 0.1) is 0 Å². The molecule has 1 aliphatic heterocycles. The lowest BCUT2D eigenvalue weighted by Gasteiger charge is -2.34. The molecule has 1 saturated heterocycles. The van der Waals surface area contributed by atoms with Gasteiger partial charge < -0.3 is 16.0 Å². The summed E-state index contributed by atoms with van der Waals surface area (Å²) in [4.78, 5) is 24.8. The zero-order valence-electron chi connectivity index (χ0n) is 9.95. The van der Waals surface area contributed by atoms with Crippen molar-refractivity contribution < 1.29 is 9.59 Å². The monoisotopic (exact) mass is 252 g/mol. The first-order chi connectivity index (χ1) is 8.68. The molecule has 0 aromatic carbocycles. The Morgan fingerprint density at radius 1 is 1.50 bits per heavy atom. The van der Waals surface area contributed by atoms with Crippen LogP contribution in [-0.2, 0) is 16.1 Å². The fourth-order valence-corrected chi connectivity index (χ4v) is 1.96. The maximum atomic E-state index is 12.0. The highest BCUT2D eigenvalue weighted by atomic mass is 16.2. The Labute approximate surface area is 104 Å². The van der Waals surface area contributed by atoms with E-state index in [0.29, 0.717) is 26.2 Å². The number of carbonyl (C=O) groups is 2. The van der Waals surface area contributed by atoms with Crippen LogP contribution in [0.5, 0.6) is 0 Å². The van der Waals surface area contributed by atoms with Crippen LogP contribution in [0.15, 0.2) is 12.4 Å². The Morgan fingerprint density at radius 3 is 3.00 bits per heavy atom. The lowest BCUT2D eigenvalue weighted by molar-refractivity contribution is -0.140. The summed E-state index contributed by atoms with van der Waals surface area (Å²) in [5.41, 5.74) is 5.29. The van der Waals surface area contributed by atoms with Gasteiger partial charge in [-0.05, 0) is 0 Å². The smallest absolute Gasteiger partial charge is 0.241 e. The highest BCUT2D eigenvalue weighted by Gasteiger charge is 2.30. The molecule has 8 heteroatoms. The minimum absolute atomic E-state index is 0.0872. The molecule has 0 saturated carbocycles. The Hall–Kier alpha value is -1.96. The van der Waals surface area contributed by atoms with E-state index in [0.717, 1.165) is 0 Å². The molecule has 1 atom stereocenters. The zero-order valence-corrected chi connectivity index (χ0v) is 9.95. The molecular formula is C10H16N6O2. The first-order valence-corrected chi connectivity index (χ1v) is 5.82. The van der Waals surface area contributed by atoms with Crippen molar-refractivity contribution in [1.82, 2.24) is 25.2 Å². The number of aryl methyl sites for hydroxylation is 1. The van der Waals surface area contributed by atoms with E-state index in [2.05, 4.69) is 15.6 Å². The second-order valence-corrected chi connectivity index (χ2v) is 4.13. The first-order valence-electron chi connectivity index (χ1n) is 5.82. The van der Waals surface area contributed by atoms with Crippen LogP contribution < -0.4 is 11.1 Å². The summed E-state index contributed by atoms with van der Waals surface area (Å²) in [5, 5.41) is 10.5. The van der Waals surface area contributed by atoms with E-state index in [4.69, 9.17) is 5.73 Å². The van der Waals surface area contributed by atoms with Gasteiger partial charge in [0.05, 0.1) is 12.7 Å². The van der Waals surface area contributed by atoms with Crippen LogP contribution in [0.4, 0.5) is 0 Å². The molecule has 2 rings (SSSR count). The van der Waals surface area contributed by atoms with Crippen molar-refractivity contribution in [3.05, 3.63) is 12.4 Å². The van der Waals surface area contributed by atoms with E-state index >= 15 is 0 Å². The van der Waals surface area contributed by atoms with Crippen LogP contribution in [0.2, 0.25) is 0 Å². The average molecular weight is 252 g/mol. The molecular weight excluding hydrogens is 236 g/mol. The number of nitrogens with one attached hydrogen (secondary N) is 1. The summed E-state index contributed by atoms with van der Waals surface area (Å²) in [6, 6.07) is -0.554. The van der Waals surface area contributed by atoms with Gasteiger partial charge in [-0.2, -0.15) is 0 Å². The molecule has 1 fully saturated rings. The van der Waals surface area contributed by atoms with Gasteiger partial charge >= 0.3 is 0 Å². The van der Waals surface area contributed by atoms with Crippen LogP contribution in [-0.4, -0.2) is 57.4 Å². The number of hydrogen-bond donors (Lipinski definition) is 2. The molecule has 3 N–H and O–H groups in total. The molecule has 1 aromatic rings. The molecule has 0 radical (unpaired) electrons. The quantitative estimate of drug-likeness (QED) is 0.641. The topological polar surface area (TPSA) is 106 Å². The Balaban J connectivity index is 1.92. The number of piperazine rings is 1. The minimum atomic E-state index is -0.554. The van der Waals surface area contributed by atoms with Gasteiger partial charge in [0.15, 0.2) is 0 Å². The van der Waals surface area contributed by atoms with Gasteiger partial charge in [-0.25, -0.2) is 0 Å². The standard InChI is InChI=1S/C10H16N6O2/c11-10(18)8-7-12-2-6-16(8)9(17)1-4-15-5-3-13-14-15/h3,5,8,12H,1-2,4,6-7H2,(H2,11,18). The number of nitrogens with zero attached hydrogens (tertiary/aromatic N) is 4. The summed E-state index contributed by atoms with van der Waals surface area (Å²) in [5.74, 6) is -0.563. The summed E-state index contributed by atoms with van der Waals surface area (Å²) in [6.45, 7) is 2.06. The highest BCUT2D eigenvalue weighted by Crippen LogP contribution is 2.06. The molecule has 0 spiro atoms. The van der Waals surface area contributed by atoms with Crippen LogP contribution in [0.25, 0.3) is 0 Å². The van der Waals surface area contributed by atoms with Crippen molar-refractivity contribution in [2.45, 2.75) is 19.0 Å². The van der Waals surface area contributed by atoms with Crippen molar-refractivity contribution in [2.24, 2.45) is 5.73 Å². The Kier molecular flexibility index (Phi) is 3.88. The van der Waals surface area contributed by atoms with Gasteiger partial charge in [-0.15, -0.1) is 5.10 Å².